The standard InChI is InChI=1S/C22H20N2O3S/c1-25-19-10-5-8-15(21(19)26-2)22-24-17(14-7-3-4-9-18(14)27-22)13-16(23-24)20-11-6-12-28-20/h3-12,17,22H,13H2,1-2H3/t17-,22+/m0/s1. The number of methoxy groups -OCH3 is 2. The van der Waals surface area contributed by atoms with Gasteiger partial charge in [-0.2, -0.15) is 5.10 Å². The predicted octanol–water partition coefficient (Wildman–Crippen LogP) is 5.01. The predicted molar refractivity (Wildman–Crippen MR) is 109 cm³/mol. The van der Waals surface area contributed by atoms with Gasteiger partial charge in [0.2, 0.25) is 6.23 Å². The first kappa shape index (κ1) is 17.1. The zero-order chi connectivity index (χ0) is 19.1. The quantitative estimate of drug-likeness (QED) is 0.626. The lowest BCUT2D eigenvalue weighted by atomic mass is 9.97. The molecule has 0 aliphatic carbocycles. The zero-order valence-electron chi connectivity index (χ0n) is 15.7. The second kappa shape index (κ2) is 6.87. The number of thiophene rings is 1. The van der Waals surface area contributed by atoms with Gasteiger partial charge in [-0.25, -0.2) is 5.01 Å². The van der Waals surface area contributed by atoms with Gasteiger partial charge in [0.25, 0.3) is 0 Å². The van der Waals surface area contributed by atoms with Crippen LogP contribution in [-0.2, 0) is 0 Å². The fourth-order valence-electron chi connectivity index (χ4n) is 3.94. The van der Waals surface area contributed by atoms with E-state index in [0.717, 1.165) is 29.0 Å². The molecule has 2 aliphatic rings. The van der Waals surface area contributed by atoms with Crippen molar-refractivity contribution < 1.29 is 14.2 Å². The summed E-state index contributed by atoms with van der Waals surface area (Å²) in [6.07, 6.45) is 0.464. The molecule has 0 fully saturated rings. The van der Waals surface area contributed by atoms with Crippen molar-refractivity contribution in [1.82, 2.24) is 5.01 Å². The summed E-state index contributed by atoms with van der Waals surface area (Å²) in [5, 5.41) is 9.13. The summed E-state index contributed by atoms with van der Waals surface area (Å²) in [5.74, 6) is 2.25. The molecule has 0 saturated carbocycles. The van der Waals surface area contributed by atoms with Crippen LogP contribution in [0, 0.1) is 0 Å². The number of ether oxygens (including phenoxy) is 3. The largest absolute Gasteiger partial charge is 0.493 e. The van der Waals surface area contributed by atoms with Crippen LogP contribution >= 0.6 is 11.3 Å². The van der Waals surface area contributed by atoms with Crippen LogP contribution < -0.4 is 14.2 Å². The Balaban J connectivity index is 1.64. The second-order valence-electron chi connectivity index (χ2n) is 6.71. The summed E-state index contributed by atoms with van der Waals surface area (Å²) < 4.78 is 17.6. The lowest BCUT2D eigenvalue weighted by molar-refractivity contribution is -0.0205. The first-order valence-corrected chi connectivity index (χ1v) is 10.0. The number of hydrogen-bond donors (Lipinski definition) is 0. The van der Waals surface area contributed by atoms with E-state index in [-0.39, 0.29) is 12.3 Å². The molecule has 0 unspecified atom stereocenters. The van der Waals surface area contributed by atoms with Crippen molar-refractivity contribution in [3.8, 4) is 17.2 Å². The molecule has 2 aliphatic heterocycles. The summed E-state index contributed by atoms with van der Waals surface area (Å²) in [7, 11) is 3.30. The van der Waals surface area contributed by atoms with Gasteiger partial charge >= 0.3 is 0 Å². The molecule has 0 bridgehead atoms. The van der Waals surface area contributed by atoms with E-state index >= 15 is 0 Å². The lowest BCUT2D eigenvalue weighted by Gasteiger charge is -2.38. The van der Waals surface area contributed by atoms with Crippen LogP contribution in [0.5, 0.6) is 17.2 Å². The minimum absolute atomic E-state index is 0.128. The number of benzene rings is 2. The first-order valence-electron chi connectivity index (χ1n) is 9.16. The second-order valence-corrected chi connectivity index (χ2v) is 7.66. The maximum absolute atomic E-state index is 6.43. The highest BCUT2D eigenvalue weighted by Crippen LogP contribution is 2.50. The Bertz CT molecular complexity index is 1030. The van der Waals surface area contributed by atoms with Gasteiger partial charge in [-0.05, 0) is 29.6 Å². The molecule has 5 nitrogen and oxygen atoms in total. The van der Waals surface area contributed by atoms with Gasteiger partial charge in [-0.15, -0.1) is 11.3 Å². The van der Waals surface area contributed by atoms with Crippen molar-refractivity contribution in [1.29, 1.82) is 0 Å². The summed E-state index contributed by atoms with van der Waals surface area (Å²) >= 11 is 1.71. The van der Waals surface area contributed by atoms with Crippen molar-refractivity contribution in [2.75, 3.05) is 14.2 Å². The summed E-state index contributed by atoms with van der Waals surface area (Å²) in [4.78, 5) is 1.20. The average Bonchev–Trinajstić information content (AvgIpc) is 3.42. The highest BCUT2D eigenvalue weighted by Gasteiger charge is 2.42. The first-order chi connectivity index (χ1) is 13.8. The van der Waals surface area contributed by atoms with Crippen molar-refractivity contribution >= 4 is 17.0 Å². The molecule has 28 heavy (non-hydrogen) atoms. The Kier molecular flexibility index (Phi) is 4.20. The normalized spacial score (nSPS) is 20.1. The average molecular weight is 392 g/mol. The maximum atomic E-state index is 6.43. The van der Waals surface area contributed by atoms with E-state index in [4.69, 9.17) is 19.3 Å². The number of para-hydroxylation sites is 2. The van der Waals surface area contributed by atoms with Gasteiger partial charge in [0.05, 0.1) is 36.4 Å². The lowest BCUT2D eigenvalue weighted by Crippen LogP contribution is -2.34. The molecule has 6 heteroatoms. The fraction of sp³-hybridized carbons (Fsp3) is 0.227. The van der Waals surface area contributed by atoms with Gasteiger partial charge in [-0.3, -0.25) is 0 Å². The maximum Gasteiger partial charge on any atom is 0.217 e. The number of fused-ring (bicyclic) bond motifs is 3. The number of nitrogens with zero attached hydrogens (tertiary/aromatic N) is 2. The number of hydrazone groups is 1. The summed E-state index contributed by atoms with van der Waals surface area (Å²) in [6, 6.07) is 18.4. The van der Waals surface area contributed by atoms with Crippen LogP contribution in [0.25, 0.3) is 0 Å². The van der Waals surface area contributed by atoms with Crippen LogP contribution in [0.15, 0.2) is 65.1 Å². The van der Waals surface area contributed by atoms with Crippen molar-refractivity contribution in [3.05, 3.63) is 76.0 Å². The van der Waals surface area contributed by atoms with Crippen LogP contribution in [-0.4, -0.2) is 24.9 Å². The molecular formula is C22H20N2O3S. The topological polar surface area (TPSA) is 43.3 Å². The van der Waals surface area contributed by atoms with Gasteiger partial charge in [0.1, 0.15) is 5.75 Å². The van der Waals surface area contributed by atoms with E-state index in [0.29, 0.717) is 11.5 Å². The van der Waals surface area contributed by atoms with Gasteiger partial charge in [0.15, 0.2) is 11.5 Å². The van der Waals surface area contributed by atoms with E-state index in [1.807, 2.05) is 30.3 Å². The SMILES string of the molecule is COc1cccc([C@H]2Oc3ccccc3[C@@H]3CC(c4cccs4)=NN23)c1OC. The smallest absolute Gasteiger partial charge is 0.217 e. The van der Waals surface area contributed by atoms with E-state index in [2.05, 4.69) is 34.7 Å². The molecule has 5 rings (SSSR count). The van der Waals surface area contributed by atoms with Gasteiger partial charge < -0.3 is 14.2 Å². The van der Waals surface area contributed by atoms with Crippen LogP contribution in [0.3, 0.4) is 0 Å². The minimum atomic E-state index is -0.387. The molecule has 0 saturated heterocycles. The van der Waals surface area contributed by atoms with Crippen molar-refractivity contribution in [2.45, 2.75) is 18.7 Å². The number of rotatable bonds is 4. The van der Waals surface area contributed by atoms with E-state index in [9.17, 15) is 0 Å². The highest BCUT2D eigenvalue weighted by molar-refractivity contribution is 7.12. The van der Waals surface area contributed by atoms with E-state index < -0.39 is 0 Å². The molecule has 0 N–H and O–H groups in total. The van der Waals surface area contributed by atoms with Crippen LogP contribution in [0.4, 0.5) is 0 Å². The van der Waals surface area contributed by atoms with Crippen LogP contribution in [0.2, 0.25) is 0 Å². The molecule has 2 aromatic carbocycles. The molecule has 3 aromatic rings. The Morgan fingerprint density at radius 2 is 1.86 bits per heavy atom. The van der Waals surface area contributed by atoms with E-state index in [1.54, 1.807) is 25.6 Å². The molecule has 142 valence electrons. The summed E-state index contributed by atoms with van der Waals surface area (Å²) in [5.41, 5.74) is 3.15. The van der Waals surface area contributed by atoms with Crippen molar-refractivity contribution in [3.63, 3.8) is 0 Å². The molecule has 2 atom stereocenters. The third-order valence-electron chi connectivity index (χ3n) is 5.20. The Morgan fingerprint density at radius 1 is 1.00 bits per heavy atom. The van der Waals surface area contributed by atoms with Gasteiger partial charge in [0, 0.05) is 12.0 Å². The van der Waals surface area contributed by atoms with Gasteiger partial charge in [-0.1, -0.05) is 30.3 Å². The zero-order valence-corrected chi connectivity index (χ0v) is 16.5. The molecule has 0 amide bonds. The molecule has 0 spiro atoms. The molecule has 3 heterocycles. The van der Waals surface area contributed by atoms with E-state index in [1.165, 1.54) is 4.88 Å². The molecule has 1 aromatic heterocycles. The minimum Gasteiger partial charge on any atom is -0.493 e. The Hall–Kier alpha value is -2.99. The summed E-state index contributed by atoms with van der Waals surface area (Å²) in [6.45, 7) is 0. The molecular weight excluding hydrogens is 372 g/mol. The third-order valence-corrected chi connectivity index (χ3v) is 6.12. The Labute approximate surface area is 167 Å². The monoisotopic (exact) mass is 392 g/mol. The van der Waals surface area contributed by atoms with Crippen LogP contribution in [0.1, 0.15) is 34.7 Å². The molecule has 0 radical (unpaired) electrons. The fourth-order valence-corrected chi connectivity index (χ4v) is 4.66. The third kappa shape index (κ3) is 2.64. The number of hydrogen-bond acceptors (Lipinski definition) is 6. The highest BCUT2D eigenvalue weighted by atomic mass is 32.1. The van der Waals surface area contributed by atoms with Crippen molar-refractivity contribution in [2.24, 2.45) is 5.10 Å². The Morgan fingerprint density at radius 3 is 2.64 bits per heavy atom.